The van der Waals surface area contributed by atoms with Gasteiger partial charge in [0, 0.05) is 23.9 Å². The first-order valence-corrected chi connectivity index (χ1v) is 7.82. The van der Waals surface area contributed by atoms with Crippen LogP contribution in [0.25, 0.3) is 10.9 Å². The second kappa shape index (κ2) is 5.56. The quantitative estimate of drug-likeness (QED) is 0.824. The maximum Gasteiger partial charge on any atom is 0.268 e. The van der Waals surface area contributed by atoms with Crippen LogP contribution in [0.4, 0.5) is 0 Å². The number of hydrogen-bond donors (Lipinski definition) is 2. The summed E-state index contributed by atoms with van der Waals surface area (Å²) in [5.41, 5.74) is 6.32. The van der Waals surface area contributed by atoms with Crippen molar-refractivity contribution in [2.24, 2.45) is 5.73 Å². The Morgan fingerprint density at radius 2 is 2.23 bits per heavy atom. The van der Waals surface area contributed by atoms with Gasteiger partial charge in [0.15, 0.2) is 5.43 Å². The topological polar surface area (TPSA) is 88.8 Å². The van der Waals surface area contributed by atoms with Gasteiger partial charge >= 0.3 is 0 Å². The van der Waals surface area contributed by atoms with Crippen LogP contribution >= 0.6 is 23.2 Å². The molecule has 1 saturated carbocycles. The van der Waals surface area contributed by atoms with Crippen molar-refractivity contribution in [3.05, 3.63) is 39.9 Å². The summed E-state index contributed by atoms with van der Waals surface area (Å²) in [5, 5.41) is 0.220. The summed E-state index contributed by atoms with van der Waals surface area (Å²) in [6, 6.07) is 3.15. The van der Waals surface area contributed by atoms with Crippen molar-refractivity contribution >= 4 is 40.0 Å². The molecule has 1 aliphatic carbocycles. The lowest BCUT2D eigenvalue weighted by Gasteiger charge is -2.31. The van der Waals surface area contributed by atoms with E-state index in [1.807, 2.05) is 0 Å². The molecular weight excluding hydrogens is 325 g/mol. The fraction of sp³-hybridized carbons (Fsp3) is 0.400. The highest BCUT2D eigenvalue weighted by Crippen LogP contribution is 2.44. The molecule has 1 fully saturated rings. The highest BCUT2D eigenvalue weighted by molar-refractivity contribution is 6.48. The lowest BCUT2D eigenvalue weighted by molar-refractivity contribution is 0.0997. The van der Waals surface area contributed by atoms with Crippen LogP contribution in [0.1, 0.15) is 47.8 Å². The number of aromatic nitrogens is 2. The van der Waals surface area contributed by atoms with Crippen LogP contribution in [-0.2, 0) is 0 Å². The molecule has 0 unspecified atom stereocenters. The Bertz CT molecular complexity index is 801. The van der Waals surface area contributed by atoms with Gasteiger partial charge in [-0.3, -0.25) is 14.6 Å². The maximum absolute atomic E-state index is 12.4. The van der Waals surface area contributed by atoms with Crippen LogP contribution in [0, 0.1) is 0 Å². The van der Waals surface area contributed by atoms with E-state index in [1.165, 1.54) is 12.3 Å². The molecule has 0 saturated heterocycles. The number of primary amides is 1. The molecular formula is C15H15Cl2N3O2. The van der Waals surface area contributed by atoms with E-state index >= 15 is 0 Å². The number of alkyl halides is 2. The third kappa shape index (κ3) is 2.83. The molecule has 7 heteroatoms. The number of hydrogen-bond acceptors (Lipinski definition) is 3. The fourth-order valence-corrected chi connectivity index (χ4v) is 3.70. The molecule has 0 aromatic carbocycles. The van der Waals surface area contributed by atoms with Crippen molar-refractivity contribution in [1.29, 1.82) is 0 Å². The summed E-state index contributed by atoms with van der Waals surface area (Å²) < 4.78 is -0.759. The number of halogens is 2. The number of carbonyl (C=O) groups excluding carboxylic acids is 1. The van der Waals surface area contributed by atoms with Crippen molar-refractivity contribution in [3.8, 4) is 0 Å². The second-order valence-electron chi connectivity index (χ2n) is 5.68. The van der Waals surface area contributed by atoms with Gasteiger partial charge in [-0.2, -0.15) is 0 Å². The molecule has 0 radical (unpaired) electrons. The average molecular weight is 340 g/mol. The first-order valence-electron chi connectivity index (χ1n) is 7.07. The van der Waals surface area contributed by atoms with Gasteiger partial charge in [0.2, 0.25) is 0 Å². The third-order valence-electron chi connectivity index (χ3n) is 4.08. The lowest BCUT2D eigenvalue weighted by Crippen LogP contribution is -2.24. The van der Waals surface area contributed by atoms with Gasteiger partial charge in [0.1, 0.15) is 10.0 Å². The van der Waals surface area contributed by atoms with E-state index in [1.54, 1.807) is 6.07 Å². The number of fused-ring (bicyclic) bond motifs is 1. The van der Waals surface area contributed by atoms with E-state index in [2.05, 4.69) is 9.97 Å². The Morgan fingerprint density at radius 1 is 1.45 bits per heavy atom. The molecule has 3 N–H and O–H groups in total. The Kier molecular flexibility index (Phi) is 3.87. The van der Waals surface area contributed by atoms with E-state index in [9.17, 15) is 9.59 Å². The van der Waals surface area contributed by atoms with E-state index in [4.69, 9.17) is 28.9 Å². The van der Waals surface area contributed by atoms with Gasteiger partial charge in [0.25, 0.3) is 5.91 Å². The Labute approximate surface area is 136 Å². The van der Waals surface area contributed by atoms with Crippen LogP contribution in [0.5, 0.6) is 0 Å². The monoisotopic (exact) mass is 339 g/mol. The number of nitrogens with zero attached hydrogens (tertiary/aromatic N) is 1. The predicted octanol–water partition coefficient (Wildman–Crippen LogP) is 2.85. The van der Waals surface area contributed by atoms with Gasteiger partial charge in [-0.05, 0) is 31.7 Å². The fourth-order valence-electron chi connectivity index (χ4n) is 3.06. The van der Waals surface area contributed by atoms with Gasteiger partial charge in [-0.15, -0.1) is 23.2 Å². The molecule has 5 nitrogen and oxygen atoms in total. The molecule has 1 amide bonds. The van der Waals surface area contributed by atoms with Crippen molar-refractivity contribution in [3.63, 3.8) is 0 Å². The summed E-state index contributed by atoms with van der Waals surface area (Å²) in [5.74, 6) is -0.631. The Balaban J connectivity index is 2.11. The van der Waals surface area contributed by atoms with Crippen LogP contribution in [0.15, 0.2) is 23.1 Å². The maximum atomic E-state index is 12.4. The zero-order chi connectivity index (χ0) is 15.9. The van der Waals surface area contributed by atoms with E-state index in [0.29, 0.717) is 11.9 Å². The number of amides is 1. The number of carbonyl (C=O) groups is 1. The molecule has 2 heterocycles. The minimum absolute atomic E-state index is 0.0158. The zero-order valence-corrected chi connectivity index (χ0v) is 13.2. The van der Waals surface area contributed by atoms with Gasteiger partial charge in [-0.25, -0.2) is 0 Å². The first-order chi connectivity index (χ1) is 10.4. The van der Waals surface area contributed by atoms with Crippen molar-refractivity contribution < 1.29 is 4.79 Å². The largest absolute Gasteiger partial charge is 0.364 e. The smallest absolute Gasteiger partial charge is 0.268 e. The minimum Gasteiger partial charge on any atom is -0.364 e. The highest BCUT2D eigenvalue weighted by atomic mass is 35.5. The molecule has 116 valence electrons. The van der Waals surface area contributed by atoms with Crippen molar-refractivity contribution in [2.45, 2.75) is 35.9 Å². The number of H-pyrrole nitrogens is 1. The van der Waals surface area contributed by atoms with Crippen LogP contribution in [0.3, 0.4) is 0 Å². The molecule has 22 heavy (non-hydrogen) atoms. The van der Waals surface area contributed by atoms with Crippen LogP contribution in [-0.4, -0.2) is 20.2 Å². The molecule has 2 aromatic heterocycles. The molecule has 0 bridgehead atoms. The van der Waals surface area contributed by atoms with Crippen LogP contribution < -0.4 is 11.2 Å². The van der Waals surface area contributed by atoms with E-state index < -0.39 is 10.2 Å². The normalized spacial score (nSPS) is 20.9. The van der Waals surface area contributed by atoms with E-state index in [0.717, 1.165) is 25.0 Å². The SMILES string of the molecule is NC(=O)c1nccc2[nH]c([C@H]3CCCC(Cl)(Cl)C3)cc(=O)c12. The second-order valence-corrected chi connectivity index (χ2v) is 7.33. The first kappa shape index (κ1) is 15.3. The summed E-state index contributed by atoms with van der Waals surface area (Å²) in [6.45, 7) is 0. The average Bonchev–Trinajstić information content (AvgIpc) is 2.45. The van der Waals surface area contributed by atoms with Crippen molar-refractivity contribution in [2.75, 3.05) is 0 Å². The molecule has 2 aromatic rings. The highest BCUT2D eigenvalue weighted by Gasteiger charge is 2.33. The van der Waals surface area contributed by atoms with Gasteiger partial charge in [-0.1, -0.05) is 0 Å². The molecule has 1 atom stereocenters. The number of nitrogens with one attached hydrogen (secondary N) is 1. The number of nitrogens with two attached hydrogens (primary N) is 1. The summed E-state index contributed by atoms with van der Waals surface area (Å²) in [4.78, 5) is 30.9. The third-order valence-corrected chi connectivity index (χ3v) is 4.76. The zero-order valence-electron chi connectivity index (χ0n) is 11.7. The standard InChI is InChI=1S/C15H15Cl2N3O2/c16-15(17)4-1-2-8(7-15)10-6-11(21)12-9(20-10)3-5-19-13(12)14(18)22/h3,5-6,8H,1-2,4,7H2,(H2,18,22)(H,20,21)/t8-/m0/s1. The number of aromatic amines is 1. The van der Waals surface area contributed by atoms with Gasteiger partial charge in [0.05, 0.1) is 10.9 Å². The van der Waals surface area contributed by atoms with E-state index in [-0.39, 0.29) is 22.4 Å². The number of rotatable bonds is 2. The molecule has 0 aliphatic heterocycles. The predicted molar refractivity (Wildman–Crippen MR) is 86.5 cm³/mol. The summed E-state index contributed by atoms with van der Waals surface area (Å²) >= 11 is 12.5. The Hall–Kier alpha value is -1.59. The number of pyridine rings is 2. The Morgan fingerprint density at radius 3 is 2.91 bits per heavy atom. The molecule has 3 rings (SSSR count). The van der Waals surface area contributed by atoms with Crippen molar-refractivity contribution in [1.82, 2.24) is 9.97 Å². The summed E-state index contributed by atoms with van der Waals surface area (Å²) in [6.07, 6.45) is 4.61. The molecule has 1 aliphatic rings. The minimum atomic E-state index is -0.759. The molecule has 0 spiro atoms. The van der Waals surface area contributed by atoms with Gasteiger partial charge < -0.3 is 10.7 Å². The van der Waals surface area contributed by atoms with Crippen LogP contribution in [0.2, 0.25) is 0 Å². The summed E-state index contributed by atoms with van der Waals surface area (Å²) in [7, 11) is 0. The lowest BCUT2D eigenvalue weighted by atomic mass is 9.85.